The van der Waals surface area contributed by atoms with Crippen molar-refractivity contribution >= 4 is 0 Å². The Balaban J connectivity index is 2.28. The van der Waals surface area contributed by atoms with Crippen molar-refractivity contribution in [3.63, 3.8) is 0 Å². The molecule has 0 aromatic heterocycles. The van der Waals surface area contributed by atoms with E-state index in [9.17, 15) is 0 Å². The van der Waals surface area contributed by atoms with Crippen LogP contribution in [0.1, 0.15) is 19.8 Å². The summed E-state index contributed by atoms with van der Waals surface area (Å²) >= 11 is 0. The molecule has 1 rings (SSSR count). The van der Waals surface area contributed by atoms with Gasteiger partial charge in [0.05, 0.1) is 12.0 Å². The zero-order valence-corrected chi connectivity index (χ0v) is 5.72. The number of hydrogen-bond acceptors (Lipinski definition) is 2. The lowest BCUT2D eigenvalue weighted by Gasteiger charge is -2.22. The second-order valence-corrected chi connectivity index (χ2v) is 2.71. The Morgan fingerprint density at radius 2 is 2.33 bits per heavy atom. The van der Waals surface area contributed by atoms with Crippen molar-refractivity contribution in [1.82, 2.24) is 5.32 Å². The highest BCUT2D eigenvalue weighted by Crippen LogP contribution is 2.11. The van der Waals surface area contributed by atoms with Crippen LogP contribution < -0.4 is 5.32 Å². The lowest BCUT2D eigenvalue weighted by molar-refractivity contribution is 0.372. The Morgan fingerprint density at radius 1 is 1.56 bits per heavy atom. The molecule has 9 heavy (non-hydrogen) atoms. The molecule has 0 amide bonds. The third-order valence-electron chi connectivity index (χ3n) is 1.84. The number of piperidine rings is 1. The standard InChI is InChI=1S/C7H12N2/c1-6-2-3-7(4-8)5-9-6/h6-7,9H,2-3,5H2,1H3/t6-,7+/m0/s1. The normalized spacial score (nSPS) is 35.6. The molecule has 50 valence electrons. The second-order valence-electron chi connectivity index (χ2n) is 2.71. The van der Waals surface area contributed by atoms with Gasteiger partial charge in [0.1, 0.15) is 0 Å². The zero-order valence-electron chi connectivity index (χ0n) is 5.72. The fraction of sp³-hybridized carbons (Fsp3) is 0.857. The van der Waals surface area contributed by atoms with Crippen LogP contribution in [0.2, 0.25) is 0 Å². The maximum absolute atomic E-state index is 8.49. The third-order valence-corrected chi connectivity index (χ3v) is 1.84. The fourth-order valence-corrected chi connectivity index (χ4v) is 1.11. The minimum atomic E-state index is 0.265. The van der Waals surface area contributed by atoms with Crippen LogP contribution in [0.4, 0.5) is 0 Å². The highest BCUT2D eigenvalue weighted by molar-refractivity contribution is 4.88. The number of nitrogens with one attached hydrogen (secondary N) is 1. The van der Waals surface area contributed by atoms with E-state index >= 15 is 0 Å². The molecule has 0 aliphatic carbocycles. The molecule has 0 bridgehead atoms. The SMILES string of the molecule is C[C@H]1CC[C@H](C#N)CN1. The number of nitrogens with zero attached hydrogens (tertiary/aromatic N) is 1. The largest absolute Gasteiger partial charge is 0.313 e. The van der Waals surface area contributed by atoms with Crippen LogP contribution in [-0.4, -0.2) is 12.6 Å². The Bertz CT molecular complexity index is 117. The van der Waals surface area contributed by atoms with Crippen LogP contribution in [0.3, 0.4) is 0 Å². The molecule has 0 spiro atoms. The lowest BCUT2D eigenvalue weighted by Crippen LogP contribution is -2.36. The average Bonchev–Trinajstić information content (AvgIpc) is 1.90. The maximum Gasteiger partial charge on any atom is 0.0669 e. The lowest BCUT2D eigenvalue weighted by atomic mass is 9.97. The molecule has 1 fully saturated rings. The quantitative estimate of drug-likeness (QED) is 0.520. The molecule has 1 aliphatic rings. The van der Waals surface area contributed by atoms with Crippen molar-refractivity contribution in [2.45, 2.75) is 25.8 Å². The highest BCUT2D eigenvalue weighted by Gasteiger charge is 2.15. The second kappa shape index (κ2) is 2.84. The average molecular weight is 124 g/mol. The van der Waals surface area contributed by atoms with E-state index in [4.69, 9.17) is 5.26 Å². The van der Waals surface area contributed by atoms with Crippen molar-refractivity contribution in [2.75, 3.05) is 6.54 Å². The van der Waals surface area contributed by atoms with Gasteiger partial charge in [0.25, 0.3) is 0 Å². The summed E-state index contributed by atoms with van der Waals surface area (Å²) in [6.07, 6.45) is 2.23. The molecule has 0 radical (unpaired) electrons. The van der Waals surface area contributed by atoms with Gasteiger partial charge in [-0.1, -0.05) is 0 Å². The van der Waals surface area contributed by atoms with Gasteiger partial charge in [-0.2, -0.15) is 5.26 Å². The van der Waals surface area contributed by atoms with E-state index in [-0.39, 0.29) is 5.92 Å². The molecule has 2 heteroatoms. The van der Waals surface area contributed by atoms with Gasteiger partial charge in [-0.05, 0) is 19.8 Å². The molecule has 0 saturated carbocycles. The van der Waals surface area contributed by atoms with Crippen LogP contribution in [0.15, 0.2) is 0 Å². The summed E-state index contributed by atoms with van der Waals surface area (Å²) in [7, 11) is 0. The molecular weight excluding hydrogens is 112 g/mol. The Hall–Kier alpha value is -0.550. The number of rotatable bonds is 0. The van der Waals surface area contributed by atoms with E-state index in [0.29, 0.717) is 6.04 Å². The van der Waals surface area contributed by atoms with Crippen LogP contribution in [-0.2, 0) is 0 Å². The van der Waals surface area contributed by atoms with E-state index in [1.165, 1.54) is 0 Å². The topological polar surface area (TPSA) is 35.8 Å². The summed E-state index contributed by atoms with van der Waals surface area (Å²) in [4.78, 5) is 0. The molecule has 1 saturated heterocycles. The Labute approximate surface area is 55.9 Å². The smallest absolute Gasteiger partial charge is 0.0669 e. The molecule has 1 aliphatic heterocycles. The predicted octanol–water partition coefficient (Wildman–Crippen LogP) is 0.898. The van der Waals surface area contributed by atoms with Crippen LogP contribution in [0.25, 0.3) is 0 Å². The molecular formula is C7H12N2. The van der Waals surface area contributed by atoms with E-state index in [0.717, 1.165) is 19.4 Å². The summed E-state index contributed by atoms with van der Waals surface area (Å²) in [5, 5.41) is 11.7. The van der Waals surface area contributed by atoms with Crippen LogP contribution in [0, 0.1) is 17.2 Å². The Kier molecular flexibility index (Phi) is 2.07. The van der Waals surface area contributed by atoms with Gasteiger partial charge in [-0.3, -0.25) is 0 Å². The van der Waals surface area contributed by atoms with Gasteiger partial charge in [-0.25, -0.2) is 0 Å². The molecule has 0 unspecified atom stereocenters. The highest BCUT2D eigenvalue weighted by atomic mass is 14.9. The van der Waals surface area contributed by atoms with Crippen molar-refractivity contribution in [3.8, 4) is 6.07 Å². The minimum Gasteiger partial charge on any atom is -0.313 e. The minimum absolute atomic E-state index is 0.265. The first-order valence-electron chi connectivity index (χ1n) is 3.46. The first-order chi connectivity index (χ1) is 4.33. The van der Waals surface area contributed by atoms with Crippen molar-refractivity contribution in [3.05, 3.63) is 0 Å². The van der Waals surface area contributed by atoms with Gasteiger partial charge >= 0.3 is 0 Å². The molecule has 0 aromatic rings. The summed E-state index contributed by atoms with van der Waals surface area (Å²) in [6.45, 7) is 3.05. The predicted molar refractivity (Wildman–Crippen MR) is 35.8 cm³/mol. The molecule has 2 atom stereocenters. The molecule has 2 nitrogen and oxygen atoms in total. The monoisotopic (exact) mass is 124 g/mol. The number of hydrogen-bond donors (Lipinski definition) is 1. The summed E-state index contributed by atoms with van der Waals surface area (Å²) in [5.74, 6) is 0.265. The Morgan fingerprint density at radius 3 is 2.78 bits per heavy atom. The van der Waals surface area contributed by atoms with Gasteiger partial charge in [0, 0.05) is 12.6 Å². The summed E-state index contributed by atoms with van der Waals surface area (Å²) in [6, 6.07) is 2.88. The van der Waals surface area contributed by atoms with Crippen LogP contribution in [0.5, 0.6) is 0 Å². The first-order valence-corrected chi connectivity index (χ1v) is 3.46. The van der Waals surface area contributed by atoms with E-state index in [1.54, 1.807) is 0 Å². The van der Waals surface area contributed by atoms with Crippen molar-refractivity contribution in [1.29, 1.82) is 5.26 Å². The van der Waals surface area contributed by atoms with Gasteiger partial charge < -0.3 is 5.32 Å². The number of nitriles is 1. The van der Waals surface area contributed by atoms with E-state index in [1.807, 2.05) is 0 Å². The van der Waals surface area contributed by atoms with Gasteiger partial charge in [0.15, 0.2) is 0 Å². The molecule has 1 N–H and O–H groups in total. The first kappa shape index (κ1) is 6.57. The maximum atomic E-state index is 8.49. The fourth-order valence-electron chi connectivity index (χ4n) is 1.11. The summed E-state index contributed by atoms with van der Waals surface area (Å²) < 4.78 is 0. The van der Waals surface area contributed by atoms with Crippen molar-refractivity contribution < 1.29 is 0 Å². The van der Waals surface area contributed by atoms with E-state index < -0.39 is 0 Å². The van der Waals surface area contributed by atoms with Gasteiger partial charge in [-0.15, -0.1) is 0 Å². The zero-order chi connectivity index (χ0) is 6.69. The summed E-state index contributed by atoms with van der Waals surface area (Å²) in [5.41, 5.74) is 0. The van der Waals surface area contributed by atoms with Crippen molar-refractivity contribution in [2.24, 2.45) is 5.92 Å². The third kappa shape index (κ3) is 1.69. The van der Waals surface area contributed by atoms with E-state index in [2.05, 4.69) is 18.3 Å². The molecule has 1 heterocycles. The van der Waals surface area contributed by atoms with Gasteiger partial charge in [0.2, 0.25) is 0 Å². The van der Waals surface area contributed by atoms with Crippen LogP contribution >= 0.6 is 0 Å². The molecule has 0 aromatic carbocycles.